The largest absolute Gasteiger partial charge is 0.370 e. The van der Waals surface area contributed by atoms with E-state index in [4.69, 9.17) is 28.0 Å². The number of unbranched alkanes of at least 4 members (excludes halogenated alkanes) is 1. The number of benzene rings is 5. The molecule has 45 heteroatoms. The highest BCUT2D eigenvalue weighted by atomic mass is 16.2. The molecule has 10 aromatic rings. The first-order valence-electron chi connectivity index (χ1n) is 39.8. The van der Waals surface area contributed by atoms with Crippen molar-refractivity contribution in [3.8, 4) is 0 Å². The highest BCUT2D eigenvalue weighted by molar-refractivity contribution is 6.16. The van der Waals surface area contributed by atoms with E-state index in [2.05, 4.69) is 78.4 Å². The number of pyridine rings is 1. The molecule has 0 spiro atoms. The summed E-state index contributed by atoms with van der Waals surface area (Å²) in [5.74, 6) is -12.1. The summed E-state index contributed by atoms with van der Waals surface area (Å²) in [6, 6.07) is 19.6. The van der Waals surface area contributed by atoms with E-state index in [0.29, 0.717) is 58.8 Å². The molecule has 662 valence electrons. The summed E-state index contributed by atoms with van der Waals surface area (Å²) in [7, 11) is 1.02. The molecular weight excluding hydrogens is 1640 g/mol. The average molecular weight is 1740 g/mol. The van der Waals surface area contributed by atoms with Crippen LogP contribution in [0.2, 0.25) is 0 Å². The number of para-hydroxylation sites is 5. The van der Waals surface area contributed by atoms with Gasteiger partial charge in [0.15, 0.2) is 11.9 Å². The van der Waals surface area contributed by atoms with Gasteiger partial charge in [0.25, 0.3) is 28.1 Å². The van der Waals surface area contributed by atoms with Gasteiger partial charge in [-0.3, -0.25) is 106 Å². The fourth-order valence-corrected chi connectivity index (χ4v) is 13.9. The van der Waals surface area contributed by atoms with E-state index in [1.807, 2.05) is 53.5 Å². The number of hydrogen-bond acceptors (Lipinski definition) is 22. The molecule has 23 N–H and O–H groups in total. The Bertz CT molecular complexity index is 6330. The van der Waals surface area contributed by atoms with Crippen molar-refractivity contribution in [1.29, 1.82) is 10.8 Å². The predicted octanol–water partition coefficient (Wildman–Crippen LogP) is -5.27. The molecule has 0 saturated carbocycles. The standard InChI is InChI=1S/C81H94N26O19/c1-43(108)91-55(28-13-14-33-88-71(118)64-44-18-3-8-23-49(44)92-50-24-9-4-19-45(50)64)66(113)87-34-17-31-61(109)93-56(30-16-36-90-77(85)86)67(114)98-60(38-104-37-32-62(110)102-78(104)123)75(122)103(2)42-63(111)94-57(39-105-72(119)46-20-5-10-25-51(46)99-79(105)124)68(115)96-59(41-107-74(121)48-22-7-12-27-53(48)101-81(107)126)70(117)97-58(69(116)95-54(65(82)112)29-15-35-89-76(83)84)40-106-73(120)47-21-6-11-26-52(47)100-80(106)125/h3-12,18-27,32,37,54-60H,13-17,28-31,33-36,38-42H2,1-2H3,(H2,82,112)(H,87,113)(H,88,118)(H,91,108)(H,93,109)(H,94,111)(H,95,116)(H,96,115)(H,97,117)(H,98,114)(H,99,124)(H,100,125)(H,101,126)(H4,83,84,89)(H4,85,86,90)(H,102,110,123)/t54-,55-,56-,57+,58+,59+,60+/m0/s1. The summed E-state index contributed by atoms with van der Waals surface area (Å²) in [5, 5.41) is 44.0. The van der Waals surface area contributed by atoms with E-state index in [1.165, 1.54) is 79.7 Å². The number of nitrogens with one attached hydrogen (secondary N) is 17. The topological polar surface area (TPSA) is 681 Å². The van der Waals surface area contributed by atoms with Crippen LogP contribution in [0.25, 0.3) is 54.5 Å². The first-order chi connectivity index (χ1) is 60.2. The quantitative estimate of drug-likeness (QED) is 0.00735. The number of rotatable bonds is 42. The Morgan fingerprint density at radius 1 is 0.405 bits per heavy atom. The highest BCUT2D eigenvalue weighted by Crippen LogP contribution is 2.26. The number of fused-ring (bicyclic) bond motifs is 5. The van der Waals surface area contributed by atoms with Crippen molar-refractivity contribution in [3.05, 3.63) is 223 Å². The predicted molar refractivity (Wildman–Crippen MR) is 460 cm³/mol. The fraction of sp³-hybridized carbons (Fsp3) is 0.333. The maximum atomic E-state index is 15.4. The van der Waals surface area contributed by atoms with Crippen molar-refractivity contribution in [2.24, 2.45) is 17.2 Å². The van der Waals surface area contributed by atoms with E-state index in [9.17, 15) is 81.5 Å². The molecule has 126 heavy (non-hydrogen) atoms. The lowest BCUT2D eigenvalue weighted by Gasteiger charge is -2.28. The maximum Gasteiger partial charge on any atom is 0.328 e. The van der Waals surface area contributed by atoms with E-state index in [-0.39, 0.29) is 110 Å². The van der Waals surface area contributed by atoms with E-state index < -0.39 is 191 Å². The van der Waals surface area contributed by atoms with Gasteiger partial charge in [-0.05, 0) is 99.9 Å². The molecule has 0 bridgehead atoms. The van der Waals surface area contributed by atoms with Crippen molar-refractivity contribution < 1.29 is 52.7 Å². The number of hydrogen-bond donors (Lipinski definition) is 20. The molecule has 7 atom stereocenters. The summed E-state index contributed by atoms with van der Waals surface area (Å²) >= 11 is 0. The van der Waals surface area contributed by atoms with Crippen LogP contribution >= 0.6 is 0 Å². The third kappa shape index (κ3) is 24.4. The molecule has 5 aromatic carbocycles. The van der Waals surface area contributed by atoms with Gasteiger partial charge in [0.05, 0.1) is 82.0 Å². The van der Waals surface area contributed by atoms with Gasteiger partial charge in [-0.1, -0.05) is 72.8 Å². The lowest BCUT2D eigenvalue weighted by atomic mass is 10.0. The van der Waals surface area contributed by atoms with Crippen LogP contribution in [0.1, 0.15) is 75.1 Å². The number of amides is 11. The SMILES string of the molecule is CC(=O)N[C@@H](CCCCNC(=O)c1c2ccccc2nc2ccccc12)C(=O)NCCCC(=O)N[C@@H](CCCNC(=N)N)C(=O)N[C@H](Cn1ccc(=O)[nH]c1=O)C(=O)N(C)CC(=O)N[C@H](Cn1c(=O)[nH]c2ccccc2c1=O)C(=O)N[C@H](Cn1c(=O)[nH]c2ccccc2c1=O)C(=O)N[C@H](Cn1c(=O)[nH]c2ccccc2c1=O)C(=O)N[C@@H](CCCNC(=N)N)C(N)=O. The summed E-state index contributed by atoms with van der Waals surface area (Å²) in [6.45, 7) is -3.98. The van der Waals surface area contributed by atoms with Crippen molar-refractivity contribution in [2.45, 2.75) is 133 Å². The fourth-order valence-electron chi connectivity index (χ4n) is 13.9. The Labute approximate surface area is 711 Å². The van der Waals surface area contributed by atoms with Gasteiger partial charge < -0.3 is 95.5 Å². The Morgan fingerprint density at radius 3 is 1.27 bits per heavy atom. The number of likely N-dealkylation sites (N-methyl/N-ethyl adjacent to an activating group) is 1. The zero-order chi connectivity index (χ0) is 91.0. The average Bonchev–Trinajstić information content (AvgIpc) is 0.575. The Kier molecular flexibility index (Phi) is 31.5. The van der Waals surface area contributed by atoms with Gasteiger partial charge in [-0.2, -0.15) is 0 Å². The Hall–Kier alpha value is -16.0. The van der Waals surface area contributed by atoms with E-state index >= 15 is 9.59 Å². The van der Waals surface area contributed by atoms with Crippen LogP contribution in [0, 0.1) is 10.8 Å². The number of carbonyl (C=O) groups is 11. The number of H-pyrrole nitrogens is 4. The van der Waals surface area contributed by atoms with Crippen molar-refractivity contribution in [1.82, 2.24) is 107 Å². The molecule has 0 radical (unpaired) electrons. The van der Waals surface area contributed by atoms with E-state index in [1.54, 1.807) is 0 Å². The minimum absolute atomic E-state index is 0.00648. The summed E-state index contributed by atoms with van der Waals surface area (Å²) in [5.41, 5.74) is 9.92. The monoisotopic (exact) mass is 1730 g/mol. The second-order valence-corrected chi connectivity index (χ2v) is 29.4. The van der Waals surface area contributed by atoms with Crippen LogP contribution in [0.4, 0.5) is 0 Å². The molecule has 5 aromatic heterocycles. The van der Waals surface area contributed by atoms with Crippen LogP contribution in [0.15, 0.2) is 172 Å². The van der Waals surface area contributed by atoms with Gasteiger partial charge in [0.1, 0.15) is 42.3 Å². The maximum absolute atomic E-state index is 15.4. The zero-order valence-corrected chi connectivity index (χ0v) is 68.1. The van der Waals surface area contributed by atoms with Crippen LogP contribution in [-0.4, -0.2) is 207 Å². The minimum Gasteiger partial charge on any atom is -0.370 e. The van der Waals surface area contributed by atoms with Gasteiger partial charge in [0.2, 0.25) is 59.1 Å². The molecule has 0 aliphatic carbocycles. The van der Waals surface area contributed by atoms with Gasteiger partial charge >= 0.3 is 22.8 Å². The number of carbonyl (C=O) groups excluding carboxylic acids is 11. The molecule has 11 amide bonds. The van der Waals surface area contributed by atoms with Crippen molar-refractivity contribution >= 4 is 131 Å². The second kappa shape index (κ2) is 43.0. The number of primary amides is 1. The normalized spacial score (nSPS) is 12.8. The Balaban J connectivity index is 0.878. The van der Waals surface area contributed by atoms with Gasteiger partial charge in [-0.25, -0.2) is 24.2 Å². The minimum atomic E-state index is -2.32. The number of nitrogens with zero attached hydrogens (tertiary/aromatic N) is 6. The number of aromatic nitrogens is 9. The van der Waals surface area contributed by atoms with Gasteiger partial charge in [0, 0.05) is 69.6 Å². The number of nitrogens with two attached hydrogens (primary N) is 3. The molecule has 0 fully saturated rings. The van der Waals surface area contributed by atoms with Crippen molar-refractivity contribution in [2.75, 3.05) is 39.8 Å². The molecule has 10 rings (SSSR count). The molecule has 0 aliphatic rings. The summed E-state index contributed by atoms with van der Waals surface area (Å²) < 4.78 is 2.27. The smallest absolute Gasteiger partial charge is 0.328 e. The van der Waals surface area contributed by atoms with Crippen LogP contribution in [-0.2, 0) is 74.1 Å². The molecule has 0 aliphatic heterocycles. The van der Waals surface area contributed by atoms with Crippen LogP contribution in [0.3, 0.4) is 0 Å². The highest BCUT2D eigenvalue weighted by Gasteiger charge is 2.36. The molecule has 0 unspecified atom stereocenters. The molecule has 45 nitrogen and oxygen atoms in total. The first kappa shape index (κ1) is 92.3. The molecular formula is C81H94N26O19. The summed E-state index contributed by atoms with van der Waals surface area (Å²) in [4.78, 5) is 281. The van der Waals surface area contributed by atoms with Crippen LogP contribution in [0.5, 0.6) is 0 Å². The Morgan fingerprint density at radius 2 is 0.802 bits per heavy atom. The lowest BCUT2D eigenvalue weighted by molar-refractivity contribution is -0.140. The van der Waals surface area contributed by atoms with Crippen molar-refractivity contribution in [3.63, 3.8) is 0 Å². The zero-order valence-electron chi connectivity index (χ0n) is 68.1. The summed E-state index contributed by atoms with van der Waals surface area (Å²) in [6.07, 6.45) is 1.17. The number of aromatic amines is 4. The third-order valence-corrected chi connectivity index (χ3v) is 20.2. The lowest BCUT2D eigenvalue weighted by Crippen LogP contribution is -2.62. The van der Waals surface area contributed by atoms with Gasteiger partial charge in [-0.15, -0.1) is 0 Å². The first-order valence-corrected chi connectivity index (χ1v) is 39.8. The van der Waals surface area contributed by atoms with Crippen LogP contribution < -0.4 is 121 Å². The molecule has 0 saturated heterocycles. The number of guanidine groups is 2. The molecule has 5 heterocycles. The van der Waals surface area contributed by atoms with E-state index in [0.717, 1.165) is 23.9 Å². The second-order valence-electron chi connectivity index (χ2n) is 29.4. The third-order valence-electron chi connectivity index (χ3n) is 20.2.